The zero-order chi connectivity index (χ0) is 16.8. The zero-order valence-corrected chi connectivity index (χ0v) is 12.0. The lowest BCUT2D eigenvalue weighted by Crippen LogP contribution is -2.07. The molecule has 7 heteroatoms. The van der Waals surface area contributed by atoms with E-state index in [4.69, 9.17) is 14.6 Å². The maximum absolute atomic E-state index is 12.2. The number of carbonyl (C=O) groups excluding carboxylic acids is 2. The number of rotatable bonds is 2. The summed E-state index contributed by atoms with van der Waals surface area (Å²) < 4.78 is 15.5. The SMILES string of the molecule is N#Cc1c(N)c2c(c(-c3ccco3)c1-c1ccco1)C(=O)OC2=O. The lowest BCUT2D eigenvalue weighted by molar-refractivity contribution is 0.0444. The van der Waals surface area contributed by atoms with Crippen LogP contribution in [0.3, 0.4) is 0 Å². The van der Waals surface area contributed by atoms with Crippen LogP contribution in [0.5, 0.6) is 0 Å². The maximum atomic E-state index is 12.2. The Balaban J connectivity index is 2.24. The minimum atomic E-state index is -0.886. The van der Waals surface area contributed by atoms with Gasteiger partial charge in [0.25, 0.3) is 0 Å². The average Bonchev–Trinajstić information content (AvgIpc) is 3.29. The normalized spacial score (nSPS) is 12.8. The third-order valence-corrected chi connectivity index (χ3v) is 3.78. The van der Waals surface area contributed by atoms with Gasteiger partial charge >= 0.3 is 11.9 Å². The number of ether oxygens (including phenoxy) is 1. The van der Waals surface area contributed by atoms with Gasteiger partial charge in [-0.1, -0.05) is 0 Å². The Morgan fingerprint density at radius 2 is 1.46 bits per heavy atom. The molecule has 116 valence electrons. The van der Waals surface area contributed by atoms with Crippen LogP contribution in [0.1, 0.15) is 26.3 Å². The third kappa shape index (κ3) is 1.71. The number of nitriles is 1. The molecule has 1 aliphatic heterocycles. The van der Waals surface area contributed by atoms with Gasteiger partial charge < -0.3 is 19.3 Å². The molecule has 1 aliphatic rings. The van der Waals surface area contributed by atoms with Crippen molar-refractivity contribution in [3.8, 4) is 28.7 Å². The zero-order valence-electron chi connectivity index (χ0n) is 12.0. The Morgan fingerprint density at radius 3 is 2.00 bits per heavy atom. The maximum Gasteiger partial charge on any atom is 0.349 e. The molecule has 0 amide bonds. The van der Waals surface area contributed by atoms with Crippen molar-refractivity contribution in [2.75, 3.05) is 5.73 Å². The second-order valence-electron chi connectivity index (χ2n) is 5.03. The van der Waals surface area contributed by atoms with Crippen LogP contribution in [0.2, 0.25) is 0 Å². The molecule has 0 saturated carbocycles. The van der Waals surface area contributed by atoms with Crippen molar-refractivity contribution in [3.63, 3.8) is 0 Å². The molecule has 0 atom stereocenters. The molecule has 0 saturated heterocycles. The van der Waals surface area contributed by atoms with Crippen LogP contribution in [-0.2, 0) is 4.74 Å². The summed E-state index contributed by atoms with van der Waals surface area (Å²) in [7, 11) is 0. The smallest absolute Gasteiger partial charge is 0.349 e. The van der Waals surface area contributed by atoms with Crippen LogP contribution >= 0.6 is 0 Å². The topological polar surface area (TPSA) is 119 Å². The van der Waals surface area contributed by atoms with E-state index in [0.717, 1.165) is 0 Å². The summed E-state index contributed by atoms with van der Waals surface area (Å²) in [6.45, 7) is 0. The highest BCUT2D eigenvalue weighted by Gasteiger charge is 2.40. The molecule has 0 spiro atoms. The summed E-state index contributed by atoms with van der Waals surface area (Å²) in [4.78, 5) is 24.2. The van der Waals surface area contributed by atoms with Gasteiger partial charge in [0.05, 0.1) is 34.9 Å². The van der Waals surface area contributed by atoms with Gasteiger partial charge in [-0.2, -0.15) is 5.26 Å². The molecular formula is C17H8N2O5. The van der Waals surface area contributed by atoms with E-state index in [9.17, 15) is 14.9 Å². The van der Waals surface area contributed by atoms with Gasteiger partial charge in [-0.05, 0) is 24.3 Å². The molecule has 2 aromatic heterocycles. The van der Waals surface area contributed by atoms with Crippen LogP contribution < -0.4 is 5.73 Å². The summed E-state index contributed by atoms with van der Waals surface area (Å²) in [6, 6.07) is 8.46. The number of hydrogen-bond donors (Lipinski definition) is 1. The Kier molecular flexibility index (Phi) is 2.80. The molecule has 0 aliphatic carbocycles. The summed E-state index contributed by atoms with van der Waals surface area (Å²) in [5.41, 5.74) is 6.24. The van der Waals surface area contributed by atoms with Crippen molar-refractivity contribution in [2.24, 2.45) is 0 Å². The first kappa shape index (κ1) is 13.8. The number of furan rings is 2. The molecule has 3 aromatic rings. The van der Waals surface area contributed by atoms with Gasteiger partial charge in [0.15, 0.2) is 0 Å². The van der Waals surface area contributed by atoms with Gasteiger partial charge in [-0.3, -0.25) is 0 Å². The summed E-state index contributed by atoms with van der Waals surface area (Å²) in [5.74, 6) is -1.12. The van der Waals surface area contributed by atoms with Gasteiger partial charge in [0, 0.05) is 11.1 Å². The molecule has 0 fully saturated rings. The Hall–Kier alpha value is -3.79. The summed E-state index contributed by atoms with van der Waals surface area (Å²) in [6.07, 6.45) is 2.84. The lowest BCUT2D eigenvalue weighted by Gasteiger charge is -2.13. The second kappa shape index (κ2) is 4.86. The number of nitrogens with two attached hydrogens (primary N) is 1. The molecule has 3 heterocycles. The molecule has 0 radical (unpaired) electrons. The number of carbonyl (C=O) groups is 2. The van der Waals surface area contributed by atoms with Crippen molar-refractivity contribution in [1.82, 2.24) is 0 Å². The number of esters is 2. The number of anilines is 1. The molecule has 24 heavy (non-hydrogen) atoms. The van der Waals surface area contributed by atoms with E-state index in [2.05, 4.69) is 4.74 Å². The van der Waals surface area contributed by atoms with E-state index in [1.807, 2.05) is 6.07 Å². The standard InChI is InChI=1S/C17H8N2O5/c18-7-8-11(9-3-1-5-22-9)12(10-4-2-6-23-10)13-14(15(8)19)17(21)24-16(13)20/h1-6H,19H2. The van der Waals surface area contributed by atoms with Crippen molar-refractivity contribution < 1.29 is 23.2 Å². The summed E-state index contributed by atoms with van der Waals surface area (Å²) >= 11 is 0. The highest BCUT2D eigenvalue weighted by Crippen LogP contribution is 2.45. The Bertz CT molecular complexity index is 1020. The number of cyclic esters (lactones) is 2. The quantitative estimate of drug-likeness (QED) is 0.438. The minimum Gasteiger partial charge on any atom is -0.464 e. The van der Waals surface area contributed by atoms with Gasteiger partial charge in [0.2, 0.25) is 0 Å². The molecular weight excluding hydrogens is 312 g/mol. The molecule has 2 N–H and O–H groups in total. The fraction of sp³-hybridized carbons (Fsp3) is 0. The third-order valence-electron chi connectivity index (χ3n) is 3.78. The van der Waals surface area contributed by atoms with Gasteiger partial charge in [-0.25, -0.2) is 9.59 Å². The fourth-order valence-corrected chi connectivity index (χ4v) is 2.82. The lowest BCUT2D eigenvalue weighted by atomic mass is 9.88. The van der Waals surface area contributed by atoms with Gasteiger partial charge in [-0.15, -0.1) is 0 Å². The fourth-order valence-electron chi connectivity index (χ4n) is 2.82. The number of nitrogens with zero attached hydrogens (tertiary/aromatic N) is 1. The monoisotopic (exact) mass is 320 g/mol. The van der Waals surface area contributed by atoms with Crippen LogP contribution in [0.4, 0.5) is 5.69 Å². The minimum absolute atomic E-state index is 0.0155. The number of nitrogen functional groups attached to an aromatic ring is 1. The van der Waals surface area contributed by atoms with Crippen molar-refractivity contribution in [2.45, 2.75) is 0 Å². The van der Waals surface area contributed by atoms with E-state index in [1.165, 1.54) is 12.5 Å². The molecule has 0 bridgehead atoms. The molecule has 7 nitrogen and oxygen atoms in total. The highest BCUT2D eigenvalue weighted by molar-refractivity contribution is 6.22. The second-order valence-corrected chi connectivity index (χ2v) is 5.03. The van der Waals surface area contributed by atoms with E-state index in [0.29, 0.717) is 11.5 Å². The van der Waals surface area contributed by atoms with Crippen LogP contribution in [0, 0.1) is 11.3 Å². The van der Waals surface area contributed by atoms with E-state index < -0.39 is 11.9 Å². The first-order valence-electron chi connectivity index (χ1n) is 6.87. The first-order valence-corrected chi connectivity index (χ1v) is 6.87. The largest absolute Gasteiger partial charge is 0.464 e. The van der Waals surface area contributed by atoms with Crippen molar-refractivity contribution in [1.29, 1.82) is 5.26 Å². The first-order chi connectivity index (χ1) is 11.6. The predicted octanol–water partition coefficient (Wildman–Crippen LogP) is 2.97. The van der Waals surface area contributed by atoms with Crippen LogP contribution in [0.15, 0.2) is 45.6 Å². The number of benzene rings is 1. The number of hydrogen-bond acceptors (Lipinski definition) is 7. The Morgan fingerprint density at radius 1 is 0.875 bits per heavy atom. The molecule has 0 unspecified atom stereocenters. The predicted molar refractivity (Wildman–Crippen MR) is 80.7 cm³/mol. The van der Waals surface area contributed by atoms with Crippen molar-refractivity contribution >= 4 is 17.6 Å². The molecule has 4 rings (SSSR count). The Labute approximate surface area is 134 Å². The van der Waals surface area contributed by atoms with Crippen LogP contribution in [-0.4, -0.2) is 11.9 Å². The average molecular weight is 320 g/mol. The highest BCUT2D eigenvalue weighted by atomic mass is 16.6. The number of fused-ring (bicyclic) bond motifs is 1. The van der Waals surface area contributed by atoms with Crippen LogP contribution in [0.25, 0.3) is 22.6 Å². The van der Waals surface area contributed by atoms with E-state index in [1.54, 1.807) is 24.3 Å². The van der Waals surface area contributed by atoms with E-state index >= 15 is 0 Å². The van der Waals surface area contributed by atoms with Gasteiger partial charge in [0.1, 0.15) is 17.6 Å². The summed E-state index contributed by atoms with van der Waals surface area (Å²) in [5, 5.41) is 9.56. The van der Waals surface area contributed by atoms with E-state index in [-0.39, 0.29) is 33.5 Å². The molecule has 1 aromatic carbocycles. The van der Waals surface area contributed by atoms with Crippen molar-refractivity contribution in [3.05, 3.63) is 53.5 Å².